The van der Waals surface area contributed by atoms with Crippen molar-refractivity contribution in [2.45, 2.75) is 28.2 Å². The average molecular weight is 134 g/mol. The molecule has 0 aliphatic heterocycles. The van der Waals surface area contributed by atoms with Crippen molar-refractivity contribution in [1.82, 2.24) is 0 Å². The lowest BCUT2D eigenvalue weighted by molar-refractivity contribution is 0.546. The molecular formula is C7H19P. The molecule has 0 rings (SSSR count). The fourth-order valence-electron chi connectivity index (χ4n) is 0. The minimum atomic E-state index is 0. The van der Waals surface area contributed by atoms with Crippen LogP contribution in [-0.4, -0.2) is 0 Å². The van der Waals surface area contributed by atoms with E-state index < -0.39 is 0 Å². The lowest BCUT2D eigenvalue weighted by atomic mass is 9.98. The molecule has 0 spiro atoms. The Morgan fingerprint density at radius 1 is 1.25 bits per heavy atom. The molecule has 0 bridgehead atoms. The normalized spacial score (nSPS) is 8.38. The van der Waals surface area contributed by atoms with Gasteiger partial charge in [-0.25, -0.2) is 0 Å². The first kappa shape index (κ1) is 15.7. The van der Waals surface area contributed by atoms with Crippen molar-refractivity contribution < 1.29 is 0 Å². The summed E-state index contributed by atoms with van der Waals surface area (Å²) in [6.07, 6.45) is 1.94. The van der Waals surface area contributed by atoms with Crippen LogP contribution in [0.15, 0.2) is 12.7 Å². The highest BCUT2D eigenvalue weighted by atomic mass is 31.0. The van der Waals surface area contributed by atoms with Gasteiger partial charge in [-0.15, -0.1) is 6.58 Å². The largest absolute Gasteiger partial charge is 0.153 e. The second kappa shape index (κ2) is 5.31. The Morgan fingerprint density at radius 3 is 1.38 bits per heavy atom. The summed E-state index contributed by atoms with van der Waals surface area (Å²) in [5.41, 5.74) is 0.306. The molecule has 8 heavy (non-hydrogen) atoms. The van der Waals surface area contributed by atoms with E-state index in [2.05, 4.69) is 27.4 Å². The summed E-state index contributed by atoms with van der Waals surface area (Å²) in [6, 6.07) is 0. The number of allylic oxidation sites excluding steroid dienone is 1. The van der Waals surface area contributed by atoms with Crippen molar-refractivity contribution in [2.75, 3.05) is 0 Å². The van der Waals surface area contributed by atoms with Crippen LogP contribution >= 0.6 is 9.90 Å². The predicted molar refractivity (Wildman–Crippen MR) is 47.5 cm³/mol. The van der Waals surface area contributed by atoms with E-state index in [1.165, 1.54) is 0 Å². The van der Waals surface area contributed by atoms with Crippen LogP contribution in [-0.2, 0) is 0 Å². The maximum Gasteiger partial charge on any atom is -0.0206 e. The van der Waals surface area contributed by atoms with E-state index in [4.69, 9.17) is 0 Å². The first-order chi connectivity index (χ1) is 2.56. The summed E-state index contributed by atoms with van der Waals surface area (Å²) >= 11 is 0. The second-order valence-corrected chi connectivity index (χ2v) is 2.57. The minimum absolute atomic E-state index is 0. The van der Waals surface area contributed by atoms with Crippen LogP contribution in [0.25, 0.3) is 0 Å². The van der Waals surface area contributed by atoms with Crippen LogP contribution in [0.1, 0.15) is 28.2 Å². The molecule has 0 aromatic heterocycles. The molecule has 0 fully saturated rings. The highest BCUT2D eigenvalue weighted by Gasteiger charge is 1.99. The van der Waals surface area contributed by atoms with Crippen molar-refractivity contribution in [3.05, 3.63) is 12.7 Å². The SMILES string of the molecule is C.C=CC(C)(C)C.P. The summed E-state index contributed by atoms with van der Waals surface area (Å²) in [6.45, 7) is 10.0. The van der Waals surface area contributed by atoms with Crippen molar-refractivity contribution >= 4 is 9.90 Å². The van der Waals surface area contributed by atoms with Gasteiger partial charge in [0.2, 0.25) is 0 Å². The molecule has 0 nitrogen and oxygen atoms in total. The zero-order valence-electron chi connectivity index (χ0n) is 5.49. The third kappa shape index (κ3) is 16.4. The number of hydrogen-bond acceptors (Lipinski definition) is 0. The molecule has 0 aromatic carbocycles. The van der Waals surface area contributed by atoms with Crippen molar-refractivity contribution in [3.63, 3.8) is 0 Å². The van der Waals surface area contributed by atoms with E-state index in [-0.39, 0.29) is 17.3 Å². The Kier molecular flexibility index (Phi) is 10.4. The van der Waals surface area contributed by atoms with Crippen molar-refractivity contribution in [3.8, 4) is 0 Å². The van der Waals surface area contributed by atoms with Gasteiger partial charge in [-0.2, -0.15) is 9.90 Å². The van der Waals surface area contributed by atoms with E-state index in [0.29, 0.717) is 5.41 Å². The molecule has 0 saturated heterocycles. The van der Waals surface area contributed by atoms with Gasteiger partial charge in [0, 0.05) is 0 Å². The molecule has 0 aliphatic rings. The molecule has 52 valence electrons. The predicted octanol–water partition coefficient (Wildman–Crippen LogP) is 2.91. The van der Waals surface area contributed by atoms with Gasteiger partial charge in [-0.3, -0.25) is 0 Å². The smallest absolute Gasteiger partial charge is 0.0206 e. The Hall–Kier alpha value is 0.170. The summed E-state index contributed by atoms with van der Waals surface area (Å²) < 4.78 is 0. The zero-order valence-corrected chi connectivity index (χ0v) is 6.91. The molecule has 1 atom stereocenters. The number of hydrogen-bond donors (Lipinski definition) is 0. The monoisotopic (exact) mass is 134 g/mol. The van der Waals surface area contributed by atoms with Crippen LogP contribution in [0.3, 0.4) is 0 Å². The van der Waals surface area contributed by atoms with E-state index in [1.807, 2.05) is 6.08 Å². The first-order valence-electron chi connectivity index (χ1n) is 2.20. The zero-order chi connectivity index (χ0) is 5.21. The highest BCUT2D eigenvalue weighted by Crippen LogP contribution is 2.11. The molecule has 0 heterocycles. The van der Waals surface area contributed by atoms with Crippen LogP contribution in [0.4, 0.5) is 0 Å². The Labute approximate surface area is 57.0 Å². The van der Waals surface area contributed by atoms with Gasteiger partial charge in [0.25, 0.3) is 0 Å². The fraction of sp³-hybridized carbons (Fsp3) is 0.714. The quantitative estimate of drug-likeness (QED) is 0.353. The lowest BCUT2D eigenvalue weighted by Gasteiger charge is -2.08. The second-order valence-electron chi connectivity index (χ2n) is 2.57. The maximum atomic E-state index is 3.63. The lowest BCUT2D eigenvalue weighted by Crippen LogP contribution is -1.96. The van der Waals surface area contributed by atoms with E-state index in [9.17, 15) is 0 Å². The van der Waals surface area contributed by atoms with E-state index in [0.717, 1.165) is 0 Å². The van der Waals surface area contributed by atoms with Crippen molar-refractivity contribution in [2.24, 2.45) is 5.41 Å². The molecule has 0 aromatic rings. The van der Waals surface area contributed by atoms with Gasteiger partial charge >= 0.3 is 0 Å². The van der Waals surface area contributed by atoms with Gasteiger partial charge in [0.1, 0.15) is 0 Å². The molecule has 1 unspecified atom stereocenters. The minimum Gasteiger partial charge on any atom is -0.153 e. The first-order valence-corrected chi connectivity index (χ1v) is 2.20. The third-order valence-corrected chi connectivity index (χ3v) is 0.612. The topological polar surface area (TPSA) is 0 Å². The molecular weight excluding hydrogens is 115 g/mol. The molecule has 0 amide bonds. The van der Waals surface area contributed by atoms with E-state index >= 15 is 0 Å². The summed E-state index contributed by atoms with van der Waals surface area (Å²) in [5.74, 6) is 0. The molecule has 0 aliphatic carbocycles. The molecule has 1 heteroatoms. The standard InChI is InChI=1S/C6H12.CH4.H3P/c1-5-6(2,3)4;;/h5H,1H2,2-4H3;1H4;1H3. The van der Waals surface area contributed by atoms with Gasteiger partial charge < -0.3 is 0 Å². The molecule has 0 radical (unpaired) electrons. The van der Waals surface area contributed by atoms with Gasteiger partial charge in [-0.05, 0) is 5.41 Å². The van der Waals surface area contributed by atoms with Crippen LogP contribution < -0.4 is 0 Å². The fourth-order valence-corrected chi connectivity index (χ4v) is 0. The van der Waals surface area contributed by atoms with Gasteiger partial charge in [-0.1, -0.05) is 34.3 Å². The van der Waals surface area contributed by atoms with Crippen LogP contribution in [0, 0.1) is 5.41 Å². The Bertz CT molecular complexity index is 49.9. The van der Waals surface area contributed by atoms with Crippen LogP contribution in [0.5, 0.6) is 0 Å². The van der Waals surface area contributed by atoms with Gasteiger partial charge in [0.15, 0.2) is 0 Å². The van der Waals surface area contributed by atoms with Gasteiger partial charge in [0.05, 0.1) is 0 Å². The van der Waals surface area contributed by atoms with E-state index in [1.54, 1.807) is 0 Å². The summed E-state index contributed by atoms with van der Waals surface area (Å²) in [7, 11) is 0. The highest BCUT2D eigenvalue weighted by molar-refractivity contribution is 6.92. The Morgan fingerprint density at radius 2 is 1.38 bits per heavy atom. The average Bonchev–Trinajstić information content (AvgIpc) is 1.35. The maximum absolute atomic E-state index is 3.63. The summed E-state index contributed by atoms with van der Waals surface area (Å²) in [5, 5.41) is 0. The summed E-state index contributed by atoms with van der Waals surface area (Å²) in [4.78, 5) is 0. The van der Waals surface area contributed by atoms with Crippen molar-refractivity contribution in [1.29, 1.82) is 0 Å². The third-order valence-electron chi connectivity index (χ3n) is 0.612. The van der Waals surface area contributed by atoms with Crippen LogP contribution in [0.2, 0.25) is 0 Å². The number of rotatable bonds is 0. The molecule has 0 saturated carbocycles. The Balaban J connectivity index is -0.000000125. The molecule has 0 N–H and O–H groups in total.